The van der Waals surface area contributed by atoms with Gasteiger partial charge in [-0.15, -0.1) is 0 Å². The summed E-state index contributed by atoms with van der Waals surface area (Å²) in [6.45, 7) is 6.36. The largest absolute Gasteiger partial charge is 0.497 e. The highest BCUT2D eigenvalue weighted by molar-refractivity contribution is 5.76. The molecule has 1 aliphatic heterocycles. The molecular weight excluding hydrogens is 278 g/mol. The third-order valence-electron chi connectivity index (χ3n) is 4.00. The Bertz CT molecular complexity index is 473. The van der Waals surface area contributed by atoms with Crippen molar-refractivity contribution in [3.05, 3.63) is 29.8 Å². The van der Waals surface area contributed by atoms with Crippen LogP contribution in [0.15, 0.2) is 24.3 Å². The summed E-state index contributed by atoms with van der Waals surface area (Å²) in [6, 6.07) is 8.12. The maximum absolute atomic E-state index is 12.1. The van der Waals surface area contributed by atoms with Crippen LogP contribution in [0.5, 0.6) is 5.75 Å². The van der Waals surface area contributed by atoms with Crippen molar-refractivity contribution in [2.75, 3.05) is 33.3 Å². The van der Waals surface area contributed by atoms with E-state index in [4.69, 9.17) is 10.5 Å². The van der Waals surface area contributed by atoms with Gasteiger partial charge in [-0.25, -0.2) is 0 Å². The van der Waals surface area contributed by atoms with Crippen molar-refractivity contribution in [3.8, 4) is 5.75 Å². The first-order chi connectivity index (χ1) is 10.6. The van der Waals surface area contributed by atoms with Gasteiger partial charge in [-0.2, -0.15) is 0 Å². The highest BCUT2D eigenvalue weighted by Crippen LogP contribution is 2.14. The molecule has 1 aromatic carbocycles. The summed E-state index contributed by atoms with van der Waals surface area (Å²) in [7, 11) is 1.68. The van der Waals surface area contributed by atoms with Gasteiger partial charge in [-0.1, -0.05) is 12.1 Å². The molecule has 0 aliphatic carbocycles. The quantitative estimate of drug-likeness (QED) is 0.895. The lowest BCUT2D eigenvalue weighted by molar-refractivity contribution is -0.131. The normalized spacial score (nSPS) is 17.9. The number of amides is 1. The van der Waals surface area contributed by atoms with Gasteiger partial charge in [0.1, 0.15) is 5.75 Å². The van der Waals surface area contributed by atoms with E-state index in [0.29, 0.717) is 6.42 Å². The summed E-state index contributed by atoms with van der Waals surface area (Å²) in [5.74, 6) is 1.06. The number of carbonyl (C=O) groups is 1. The van der Waals surface area contributed by atoms with Gasteiger partial charge in [0, 0.05) is 45.2 Å². The maximum atomic E-state index is 12.1. The van der Waals surface area contributed by atoms with Crippen molar-refractivity contribution >= 4 is 5.91 Å². The highest BCUT2D eigenvalue weighted by atomic mass is 16.5. The van der Waals surface area contributed by atoms with Crippen molar-refractivity contribution in [1.82, 2.24) is 9.80 Å². The van der Waals surface area contributed by atoms with Crippen LogP contribution in [0, 0.1) is 0 Å². The number of nitrogens with two attached hydrogens (primary N) is 1. The van der Waals surface area contributed by atoms with E-state index in [1.807, 2.05) is 24.0 Å². The number of ether oxygens (including phenoxy) is 1. The molecule has 0 radical (unpaired) electrons. The lowest BCUT2D eigenvalue weighted by Crippen LogP contribution is -2.37. The fourth-order valence-corrected chi connectivity index (χ4v) is 2.77. The average molecular weight is 305 g/mol. The molecule has 1 fully saturated rings. The Hall–Kier alpha value is -1.59. The molecule has 1 saturated heterocycles. The van der Waals surface area contributed by atoms with Gasteiger partial charge in [-0.05, 0) is 31.0 Å². The van der Waals surface area contributed by atoms with Crippen LogP contribution < -0.4 is 10.5 Å². The van der Waals surface area contributed by atoms with Crippen molar-refractivity contribution in [2.24, 2.45) is 5.73 Å². The first-order valence-electron chi connectivity index (χ1n) is 7.97. The first-order valence-corrected chi connectivity index (χ1v) is 7.97. The number of benzene rings is 1. The summed E-state index contributed by atoms with van der Waals surface area (Å²) in [5, 5.41) is 0. The summed E-state index contributed by atoms with van der Waals surface area (Å²) in [5.41, 5.74) is 7.00. The Balaban J connectivity index is 1.85. The molecule has 0 bridgehead atoms. The summed E-state index contributed by atoms with van der Waals surface area (Å²) in [4.78, 5) is 16.5. The fraction of sp³-hybridized carbons (Fsp3) is 0.588. The van der Waals surface area contributed by atoms with Crippen molar-refractivity contribution in [3.63, 3.8) is 0 Å². The maximum Gasteiger partial charge on any atom is 0.224 e. The van der Waals surface area contributed by atoms with Gasteiger partial charge in [0.15, 0.2) is 0 Å². The Kier molecular flexibility index (Phi) is 6.21. The molecular formula is C17H27N3O2. The third kappa shape index (κ3) is 5.00. The van der Waals surface area contributed by atoms with Gasteiger partial charge in [-0.3, -0.25) is 9.69 Å². The predicted octanol–water partition coefficient (Wildman–Crippen LogP) is 1.47. The standard InChI is InChI=1S/C17H27N3O2/c1-14(18)12-17(21)20-9-3-8-19(10-11-20)13-15-4-6-16(22-2)7-5-15/h4-7,14H,3,8-13,18H2,1-2H3. The SMILES string of the molecule is COc1ccc(CN2CCCN(C(=O)CC(C)N)CC2)cc1. The van der Waals surface area contributed by atoms with E-state index in [0.717, 1.165) is 44.9 Å². The molecule has 1 unspecified atom stereocenters. The lowest BCUT2D eigenvalue weighted by atomic mass is 10.2. The molecule has 5 nitrogen and oxygen atoms in total. The van der Waals surface area contributed by atoms with E-state index in [1.54, 1.807) is 7.11 Å². The summed E-state index contributed by atoms with van der Waals surface area (Å²) >= 11 is 0. The Morgan fingerprint density at radius 1 is 1.23 bits per heavy atom. The van der Waals surface area contributed by atoms with E-state index in [9.17, 15) is 4.79 Å². The summed E-state index contributed by atoms with van der Waals surface area (Å²) in [6.07, 6.45) is 1.46. The van der Waals surface area contributed by atoms with Crippen LogP contribution in [0.25, 0.3) is 0 Å². The van der Waals surface area contributed by atoms with Crippen molar-refractivity contribution < 1.29 is 9.53 Å². The molecule has 1 atom stereocenters. The number of nitrogens with zero attached hydrogens (tertiary/aromatic N) is 2. The van der Waals surface area contributed by atoms with E-state index in [2.05, 4.69) is 17.0 Å². The monoisotopic (exact) mass is 305 g/mol. The lowest BCUT2D eigenvalue weighted by Gasteiger charge is -2.22. The number of methoxy groups -OCH3 is 1. The van der Waals surface area contributed by atoms with E-state index in [1.165, 1.54) is 5.56 Å². The second-order valence-corrected chi connectivity index (χ2v) is 6.04. The molecule has 0 spiro atoms. The molecule has 22 heavy (non-hydrogen) atoms. The molecule has 2 rings (SSSR count). The molecule has 1 heterocycles. The van der Waals surface area contributed by atoms with E-state index in [-0.39, 0.29) is 11.9 Å². The minimum absolute atomic E-state index is 0.0637. The second kappa shape index (κ2) is 8.15. The van der Waals surface area contributed by atoms with Crippen LogP contribution in [0.1, 0.15) is 25.3 Å². The zero-order valence-corrected chi connectivity index (χ0v) is 13.6. The Labute approximate surface area is 133 Å². The number of hydrogen-bond acceptors (Lipinski definition) is 4. The number of rotatable bonds is 5. The third-order valence-corrected chi connectivity index (χ3v) is 4.00. The molecule has 1 aliphatic rings. The van der Waals surface area contributed by atoms with Crippen LogP contribution in [-0.4, -0.2) is 55.0 Å². The van der Waals surface area contributed by atoms with Gasteiger partial charge >= 0.3 is 0 Å². The molecule has 1 amide bonds. The Morgan fingerprint density at radius 2 is 1.95 bits per heavy atom. The minimum atomic E-state index is -0.0637. The minimum Gasteiger partial charge on any atom is -0.497 e. The second-order valence-electron chi connectivity index (χ2n) is 6.04. The topological polar surface area (TPSA) is 58.8 Å². The van der Waals surface area contributed by atoms with Gasteiger partial charge in [0.2, 0.25) is 5.91 Å². The van der Waals surface area contributed by atoms with Gasteiger partial charge in [0.25, 0.3) is 0 Å². The highest BCUT2D eigenvalue weighted by Gasteiger charge is 2.19. The molecule has 1 aromatic rings. The van der Waals surface area contributed by atoms with Crippen LogP contribution in [0.4, 0.5) is 0 Å². The Morgan fingerprint density at radius 3 is 2.59 bits per heavy atom. The van der Waals surface area contributed by atoms with Crippen LogP contribution in [0.2, 0.25) is 0 Å². The molecule has 5 heteroatoms. The average Bonchev–Trinajstić information content (AvgIpc) is 2.73. The zero-order chi connectivity index (χ0) is 15.9. The predicted molar refractivity (Wildman–Crippen MR) is 87.7 cm³/mol. The first kappa shape index (κ1) is 16.8. The number of carbonyl (C=O) groups excluding carboxylic acids is 1. The molecule has 122 valence electrons. The van der Waals surface area contributed by atoms with E-state index < -0.39 is 0 Å². The smallest absolute Gasteiger partial charge is 0.224 e. The molecule has 0 saturated carbocycles. The fourth-order valence-electron chi connectivity index (χ4n) is 2.77. The molecule has 2 N–H and O–H groups in total. The van der Waals surface area contributed by atoms with Gasteiger partial charge < -0.3 is 15.4 Å². The van der Waals surface area contributed by atoms with Crippen LogP contribution in [0.3, 0.4) is 0 Å². The van der Waals surface area contributed by atoms with Crippen LogP contribution >= 0.6 is 0 Å². The molecule has 0 aromatic heterocycles. The summed E-state index contributed by atoms with van der Waals surface area (Å²) < 4.78 is 5.18. The van der Waals surface area contributed by atoms with Crippen molar-refractivity contribution in [1.29, 1.82) is 0 Å². The van der Waals surface area contributed by atoms with Crippen LogP contribution in [-0.2, 0) is 11.3 Å². The van der Waals surface area contributed by atoms with Crippen molar-refractivity contribution in [2.45, 2.75) is 32.4 Å². The zero-order valence-electron chi connectivity index (χ0n) is 13.6. The number of hydrogen-bond donors (Lipinski definition) is 1. The van der Waals surface area contributed by atoms with E-state index >= 15 is 0 Å². The van der Waals surface area contributed by atoms with Gasteiger partial charge in [0.05, 0.1) is 7.11 Å².